The molecule has 0 saturated carbocycles. The van der Waals surface area contributed by atoms with Gasteiger partial charge in [0.25, 0.3) is 0 Å². The third-order valence-corrected chi connectivity index (χ3v) is 4.44. The van der Waals surface area contributed by atoms with Gasteiger partial charge >= 0.3 is 6.36 Å². The van der Waals surface area contributed by atoms with E-state index >= 15 is 0 Å². The van der Waals surface area contributed by atoms with E-state index in [1.54, 1.807) is 31.2 Å². The molecule has 0 spiro atoms. The fourth-order valence-electron chi connectivity index (χ4n) is 2.70. The van der Waals surface area contributed by atoms with Crippen molar-refractivity contribution in [1.29, 1.82) is 0 Å². The lowest BCUT2D eigenvalue weighted by atomic mass is 10.1. The third-order valence-electron chi connectivity index (χ3n) is 4.13. The smallest absolute Gasteiger partial charge is 0.406 e. The molecule has 0 aliphatic heterocycles. The molecule has 6 nitrogen and oxygen atoms in total. The van der Waals surface area contributed by atoms with Gasteiger partial charge in [-0.15, -0.1) is 13.2 Å². The van der Waals surface area contributed by atoms with E-state index in [1.807, 2.05) is 13.0 Å². The van der Waals surface area contributed by atoms with Crippen molar-refractivity contribution in [1.82, 2.24) is 9.97 Å². The highest BCUT2D eigenvalue weighted by Gasteiger charge is 2.31. The summed E-state index contributed by atoms with van der Waals surface area (Å²) in [4.78, 5) is 8.74. The number of aliphatic hydroxyl groups is 1. The number of nitrogens with one attached hydrogen (secondary N) is 2. The van der Waals surface area contributed by atoms with Gasteiger partial charge in [-0.2, -0.15) is 4.98 Å². The van der Waals surface area contributed by atoms with Gasteiger partial charge in [0.1, 0.15) is 11.6 Å². The summed E-state index contributed by atoms with van der Waals surface area (Å²) in [6, 6.07) is 12.2. The molecule has 31 heavy (non-hydrogen) atoms. The van der Waals surface area contributed by atoms with E-state index < -0.39 is 6.36 Å². The average Bonchev–Trinajstić information content (AvgIpc) is 2.69. The van der Waals surface area contributed by atoms with Gasteiger partial charge in [0.05, 0.1) is 23.0 Å². The number of rotatable bonds is 7. The number of benzene rings is 2. The van der Waals surface area contributed by atoms with Crippen molar-refractivity contribution in [2.75, 3.05) is 17.2 Å². The minimum Gasteiger partial charge on any atom is -0.406 e. The summed E-state index contributed by atoms with van der Waals surface area (Å²) in [5.74, 6) is 0.190. The van der Waals surface area contributed by atoms with Gasteiger partial charge in [0, 0.05) is 17.7 Å². The number of aromatic nitrogens is 2. The maximum absolute atomic E-state index is 12.6. The molecule has 1 heterocycles. The van der Waals surface area contributed by atoms with E-state index in [-0.39, 0.29) is 24.3 Å². The van der Waals surface area contributed by atoms with E-state index in [9.17, 15) is 18.3 Å². The molecule has 0 radical (unpaired) electrons. The van der Waals surface area contributed by atoms with Gasteiger partial charge in [-0.25, -0.2) is 4.98 Å². The zero-order valence-corrected chi connectivity index (χ0v) is 17.4. The molecule has 1 atom stereocenters. The van der Waals surface area contributed by atoms with Crippen LogP contribution in [0.2, 0.25) is 5.02 Å². The Kier molecular flexibility index (Phi) is 6.87. The number of ether oxygens (including phenoxy) is 1. The van der Waals surface area contributed by atoms with E-state index in [0.29, 0.717) is 27.8 Å². The number of hydrogen-bond acceptors (Lipinski definition) is 6. The van der Waals surface area contributed by atoms with Crippen LogP contribution in [0.3, 0.4) is 0 Å². The van der Waals surface area contributed by atoms with Gasteiger partial charge in [-0.05, 0) is 43.7 Å². The number of halogens is 4. The first-order chi connectivity index (χ1) is 14.6. The van der Waals surface area contributed by atoms with Crippen molar-refractivity contribution in [2.45, 2.75) is 26.3 Å². The molecule has 0 aliphatic rings. The molecule has 0 aliphatic carbocycles. The summed E-state index contributed by atoms with van der Waals surface area (Å²) < 4.78 is 41.8. The van der Waals surface area contributed by atoms with Gasteiger partial charge < -0.3 is 20.5 Å². The molecule has 3 rings (SSSR count). The van der Waals surface area contributed by atoms with Crippen LogP contribution >= 0.6 is 11.6 Å². The first kappa shape index (κ1) is 22.6. The molecular formula is C21H20ClF3N4O2. The maximum atomic E-state index is 12.6. The van der Waals surface area contributed by atoms with Crippen molar-refractivity contribution in [2.24, 2.45) is 0 Å². The van der Waals surface area contributed by atoms with Gasteiger partial charge in [0.2, 0.25) is 5.95 Å². The molecule has 0 saturated heterocycles. The normalized spacial score (nSPS) is 12.4. The van der Waals surface area contributed by atoms with Crippen LogP contribution in [0.5, 0.6) is 5.75 Å². The number of aryl methyl sites for hydroxylation is 1. The second-order valence-electron chi connectivity index (χ2n) is 6.87. The Morgan fingerprint density at radius 2 is 1.90 bits per heavy atom. The fourth-order valence-corrected chi connectivity index (χ4v) is 2.98. The van der Waals surface area contributed by atoms with Crippen LogP contribution in [-0.2, 0) is 0 Å². The number of hydrogen-bond donors (Lipinski definition) is 3. The van der Waals surface area contributed by atoms with Crippen molar-refractivity contribution in [3.8, 4) is 17.0 Å². The zero-order chi connectivity index (χ0) is 22.6. The SMILES string of the molecule is Cc1ccc(Nc2cc(-c3cccc(OC(F)(F)F)c3)nc(N[C@H](C)CO)n2)c(Cl)c1. The molecule has 164 valence electrons. The van der Waals surface area contributed by atoms with Crippen LogP contribution in [0.4, 0.5) is 30.6 Å². The Labute approximate surface area is 182 Å². The summed E-state index contributed by atoms with van der Waals surface area (Å²) in [5, 5.41) is 15.9. The number of nitrogens with zero attached hydrogens (tertiary/aromatic N) is 2. The predicted octanol–water partition coefficient (Wildman–Crippen LogP) is 5.54. The maximum Gasteiger partial charge on any atom is 0.573 e. The van der Waals surface area contributed by atoms with Gasteiger partial charge in [-0.3, -0.25) is 0 Å². The van der Waals surface area contributed by atoms with Crippen LogP contribution in [0.15, 0.2) is 48.5 Å². The lowest BCUT2D eigenvalue weighted by Crippen LogP contribution is -2.21. The Morgan fingerprint density at radius 3 is 2.58 bits per heavy atom. The highest BCUT2D eigenvalue weighted by molar-refractivity contribution is 6.33. The second kappa shape index (κ2) is 9.40. The lowest BCUT2D eigenvalue weighted by Gasteiger charge is -2.15. The van der Waals surface area contributed by atoms with E-state index in [2.05, 4.69) is 25.3 Å². The van der Waals surface area contributed by atoms with E-state index in [4.69, 9.17) is 11.6 Å². The average molecular weight is 453 g/mol. The molecule has 0 bridgehead atoms. The molecule has 2 aromatic carbocycles. The molecule has 3 aromatic rings. The lowest BCUT2D eigenvalue weighted by molar-refractivity contribution is -0.274. The number of alkyl halides is 3. The van der Waals surface area contributed by atoms with Crippen LogP contribution in [-0.4, -0.2) is 34.1 Å². The van der Waals surface area contributed by atoms with Crippen LogP contribution in [0.1, 0.15) is 12.5 Å². The van der Waals surface area contributed by atoms with E-state index in [0.717, 1.165) is 5.56 Å². The van der Waals surface area contributed by atoms with Crippen molar-refractivity contribution in [3.63, 3.8) is 0 Å². The van der Waals surface area contributed by atoms with Crippen LogP contribution in [0.25, 0.3) is 11.3 Å². The molecule has 0 fully saturated rings. The quantitative estimate of drug-likeness (QED) is 0.437. The van der Waals surface area contributed by atoms with E-state index in [1.165, 1.54) is 18.2 Å². The topological polar surface area (TPSA) is 79.3 Å². The van der Waals surface area contributed by atoms with Crippen molar-refractivity contribution >= 4 is 29.1 Å². The van der Waals surface area contributed by atoms with Crippen molar-refractivity contribution < 1.29 is 23.0 Å². The number of aliphatic hydroxyl groups excluding tert-OH is 1. The summed E-state index contributed by atoms with van der Waals surface area (Å²) in [6.45, 7) is 3.49. The first-order valence-electron chi connectivity index (χ1n) is 9.29. The minimum absolute atomic E-state index is 0.158. The minimum atomic E-state index is -4.80. The Morgan fingerprint density at radius 1 is 1.13 bits per heavy atom. The summed E-state index contributed by atoms with van der Waals surface area (Å²) in [6.07, 6.45) is -4.80. The predicted molar refractivity (Wildman–Crippen MR) is 114 cm³/mol. The van der Waals surface area contributed by atoms with Crippen LogP contribution < -0.4 is 15.4 Å². The highest BCUT2D eigenvalue weighted by Crippen LogP contribution is 2.31. The van der Waals surface area contributed by atoms with Gasteiger partial charge in [-0.1, -0.05) is 29.8 Å². The third kappa shape index (κ3) is 6.47. The Balaban J connectivity index is 2.00. The van der Waals surface area contributed by atoms with Gasteiger partial charge in [0.15, 0.2) is 0 Å². The zero-order valence-electron chi connectivity index (χ0n) is 16.7. The first-order valence-corrected chi connectivity index (χ1v) is 9.66. The highest BCUT2D eigenvalue weighted by atomic mass is 35.5. The summed E-state index contributed by atoms with van der Waals surface area (Å²) in [5.41, 5.74) is 2.33. The molecule has 3 N–H and O–H groups in total. The number of anilines is 3. The largest absolute Gasteiger partial charge is 0.573 e. The fraction of sp³-hybridized carbons (Fsp3) is 0.238. The molecule has 1 aromatic heterocycles. The van der Waals surface area contributed by atoms with Crippen molar-refractivity contribution in [3.05, 3.63) is 59.1 Å². The monoisotopic (exact) mass is 452 g/mol. The molecule has 0 unspecified atom stereocenters. The Bertz CT molecular complexity index is 1060. The molecule has 10 heteroatoms. The molecular weight excluding hydrogens is 433 g/mol. The summed E-state index contributed by atoms with van der Waals surface area (Å²) >= 11 is 6.29. The Hall–Kier alpha value is -3.04. The standard InChI is InChI=1S/C21H20ClF3N4O2/c1-12-6-7-17(16(22)8-12)27-19-10-18(28-20(29-19)26-13(2)11-30)14-4-3-5-15(9-14)31-21(23,24)25/h3-10,13,30H,11H2,1-2H3,(H2,26,27,28,29)/t13-/m1/s1. The summed E-state index contributed by atoms with van der Waals surface area (Å²) in [7, 11) is 0. The molecule has 0 amide bonds. The second-order valence-corrected chi connectivity index (χ2v) is 7.28. The van der Waals surface area contributed by atoms with Crippen LogP contribution in [0, 0.1) is 6.92 Å².